The monoisotopic (exact) mass is 338 g/mol. The third kappa shape index (κ3) is 3.86. The molecule has 1 aliphatic rings. The van der Waals surface area contributed by atoms with Crippen LogP contribution in [0.1, 0.15) is 30.3 Å². The van der Waals surface area contributed by atoms with Gasteiger partial charge in [0.15, 0.2) is 6.61 Å². The number of ether oxygens (including phenoxy) is 1. The van der Waals surface area contributed by atoms with Gasteiger partial charge in [0.1, 0.15) is 11.2 Å². The van der Waals surface area contributed by atoms with E-state index in [1.165, 1.54) is 0 Å². The van der Waals surface area contributed by atoms with Crippen LogP contribution in [-0.4, -0.2) is 34.2 Å². The van der Waals surface area contributed by atoms with Crippen molar-refractivity contribution in [3.05, 3.63) is 42.1 Å². The SMILES string of the molecule is C[C@](C#N)(NC(=O)COC(=O)c1cc(-c2ccccc2)n[nH]1)C1CC1. The Morgan fingerprint density at radius 3 is 2.76 bits per heavy atom. The van der Waals surface area contributed by atoms with E-state index < -0.39 is 24.0 Å². The van der Waals surface area contributed by atoms with Gasteiger partial charge in [-0.25, -0.2) is 4.79 Å². The molecular weight excluding hydrogens is 320 g/mol. The van der Waals surface area contributed by atoms with E-state index in [0.717, 1.165) is 18.4 Å². The van der Waals surface area contributed by atoms with Crippen molar-refractivity contribution in [1.82, 2.24) is 15.5 Å². The number of carbonyl (C=O) groups is 2. The molecule has 0 saturated heterocycles. The molecule has 1 saturated carbocycles. The van der Waals surface area contributed by atoms with Gasteiger partial charge in [0.25, 0.3) is 5.91 Å². The van der Waals surface area contributed by atoms with Crippen molar-refractivity contribution in [2.45, 2.75) is 25.3 Å². The van der Waals surface area contributed by atoms with Crippen molar-refractivity contribution in [3.63, 3.8) is 0 Å². The fourth-order valence-electron chi connectivity index (χ4n) is 2.60. The second kappa shape index (κ2) is 6.77. The molecule has 3 rings (SSSR count). The van der Waals surface area contributed by atoms with E-state index in [1.807, 2.05) is 30.3 Å². The molecule has 0 radical (unpaired) electrons. The molecule has 1 aliphatic carbocycles. The highest BCUT2D eigenvalue weighted by molar-refractivity contribution is 5.90. The zero-order chi connectivity index (χ0) is 17.9. The molecular formula is C18H18N4O3. The second-order valence-corrected chi connectivity index (χ2v) is 6.25. The molecule has 2 N–H and O–H groups in total. The number of nitrogens with zero attached hydrogens (tertiary/aromatic N) is 2. The van der Waals surface area contributed by atoms with E-state index in [4.69, 9.17) is 4.74 Å². The van der Waals surface area contributed by atoms with Crippen molar-refractivity contribution < 1.29 is 14.3 Å². The molecule has 0 unspecified atom stereocenters. The van der Waals surface area contributed by atoms with Crippen LogP contribution in [0.2, 0.25) is 0 Å². The summed E-state index contributed by atoms with van der Waals surface area (Å²) in [7, 11) is 0. The van der Waals surface area contributed by atoms with Crippen LogP contribution >= 0.6 is 0 Å². The van der Waals surface area contributed by atoms with E-state index >= 15 is 0 Å². The summed E-state index contributed by atoms with van der Waals surface area (Å²) >= 11 is 0. The van der Waals surface area contributed by atoms with E-state index in [-0.39, 0.29) is 11.6 Å². The zero-order valence-corrected chi connectivity index (χ0v) is 13.8. The van der Waals surface area contributed by atoms with Crippen LogP contribution in [0.15, 0.2) is 36.4 Å². The van der Waals surface area contributed by atoms with Crippen molar-refractivity contribution in [2.24, 2.45) is 5.92 Å². The number of carbonyl (C=O) groups excluding carboxylic acids is 2. The minimum atomic E-state index is -0.905. The standard InChI is InChI=1S/C18H18N4O3/c1-18(11-19,13-7-8-13)20-16(23)10-25-17(24)15-9-14(21-22-15)12-5-3-2-4-6-12/h2-6,9,13H,7-8,10H2,1H3,(H,20,23)(H,21,22)/t18-/m1/s1. The van der Waals surface area contributed by atoms with Crippen molar-refractivity contribution in [1.29, 1.82) is 5.26 Å². The summed E-state index contributed by atoms with van der Waals surface area (Å²) in [6, 6.07) is 13.1. The summed E-state index contributed by atoms with van der Waals surface area (Å²) in [5.41, 5.74) is 0.738. The minimum absolute atomic E-state index is 0.164. The maximum Gasteiger partial charge on any atom is 0.356 e. The normalized spacial score (nSPS) is 15.7. The van der Waals surface area contributed by atoms with Crippen LogP contribution in [-0.2, 0) is 9.53 Å². The smallest absolute Gasteiger partial charge is 0.356 e. The average Bonchev–Trinajstić information content (AvgIpc) is 3.38. The van der Waals surface area contributed by atoms with Crippen LogP contribution in [0, 0.1) is 17.2 Å². The molecule has 1 aromatic heterocycles. The second-order valence-electron chi connectivity index (χ2n) is 6.25. The lowest BCUT2D eigenvalue weighted by Gasteiger charge is -2.22. The number of amides is 1. The molecule has 7 nitrogen and oxygen atoms in total. The van der Waals surface area contributed by atoms with Crippen LogP contribution in [0.3, 0.4) is 0 Å². The molecule has 128 valence electrons. The summed E-state index contributed by atoms with van der Waals surface area (Å²) in [6.45, 7) is 1.24. The number of hydrogen-bond donors (Lipinski definition) is 2. The van der Waals surface area contributed by atoms with Gasteiger partial charge >= 0.3 is 5.97 Å². The first-order chi connectivity index (χ1) is 12.0. The number of aromatic nitrogens is 2. The molecule has 1 heterocycles. The number of benzene rings is 1. The topological polar surface area (TPSA) is 108 Å². The first kappa shape index (κ1) is 16.7. The fourth-order valence-corrected chi connectivity index (χ4v) is 2.60. The molecule has 1 atom stereocenters. The lowest BCUT2D eigenvalue weighted by molar-refractivity contribution is -0.125. The Hall–Kier alpha value is -3.14. The van der Waals surface area contributed by atoms with Gasteiger partial charge in [-0.2, -0.15) is 10.4 Å². The quantitative estimate of drug-likeness (QED) is 0.784. The number of aromatic amines is 1. The fraction of sp³-hybridized carbons (Fsp3) is 0.333. The molecule has 25 heavy (non-hydrogen) atoms. The predicted molar refractivity (Wildman–Crippen MR) is 89.2 cm³/mol. The van der Waals surface area contributed by atoms with Crippen LogP contribution < -0.4 is 5.32 Å². The van der Waals surface area contributed by atoms with Gasteiger partial charge in [-0.1, -0.05) is 30.3 Å². The van der Waals surface area contributed by atoms with Crippen LogP contribution in [0.25, 0.3) is 11.3 Å². The highest BCUT2D eigenvalue weighted by Crippen LogP contribution is 2.39. The summed E-state index contributed by atoms with van der Waals surface area (Å²) in [5, 5.41) is 18.5. The minimum Gasteiger partial charge on any atom is -0.451 e. The summed E-state index contributed by atoms with van der Waals surface area (Å²) < 4.78 is 5.00. The maximum absolute atomic E-state index is 12.0. The van der Waals surface area contributed by atoms with Crippen molar-refractivity contribution in [3.8, 4) is 17.3 Å². The first-order valence-corrected chi connectivity index (χ1v) is 8.02. The molecule has 0 spiro atoms. The lowest BCUT2D eigenvalue weighted by atomic mass is 9.98. The Balaban J connectivity index is 1.55. The number of nitriles is 1. The van der Waals surface area contributed by atoms with Gasteiger partial charge in [-0.3, -0.25) is 9.89 Å². The number of H-pyrrole nitrogens is 1. The molecule has 1 aromatic carbocycles. The van der Waals surface area contributed by atoms with Crippen molar-refractivity contribution in [2.75, 3.05) is 6.61 Å². The number of nitrogens with one attached hydrogen (secondary N) is 2. The van der Waals surface area contributed by atoms with Gasteiger partial charge in [0.2, 0.25) is 0 Å². The predicted octanol–water partition coefficient (Wildman–Crippen LogP) is 2.04. The Labute approximate surface area is 145 Å². The van der Waals surface area contributed by atoms with Gasteiger partial charge < -0.3 is 10.1 Å². The number of esters is 1. The Morgan fingerprint density at radius 1 is 1.40 bits per heavy atom. The molecule has 0 bridgehead atoms. The molecule has 1 amide bonds. The van der Waals surface area contributed by atoms with E-state index in [0.29, 0.717) is 5.69 Å². The molecule has 0 aliphatic heterocycles. The summed E-state index contributed by atoms with van der Waals surface area (Å²) in [4.78, 5) is 24.0. The van der Waals surface area contributed by atoms with E-state index in [1.54, 1.807) is 13.0 Å². The first-order valence-electron chi connectivity index (χ1n) is 8.02. The van der Waals surface area contributed by atoms with Gasteiger partial charge in [-0.05, 0) is 31.7 Å². The summed E-state index contributed by atoms with van der Waals surface area (Å²) in [6.07, 6.45) is 1.83. The van der Waals surface area contributed by atoms with Crippen molar-refractivity contribution >= 4 is 11.9 Å². The van der Waals surface area contributed by atoms with Crippen LogP contribution in [0.5, 0.6) is 0 Å². The van der Waals surface area contributed by atoms with Gasteiger partial charge in [0.05, 0.1) is 11.8 Å². The van der Waals surface area contributed by atoms with E-state index in [2.05, 4.69) is 21.6 Å². The molecule has 1 fully saturated rings. The third-order valence-corrected chi connectivity index (χ3v) is 4.23. The number of hydrogen-bond acceptors (Lipinski definition) is 5. The Kier molecular flexibility index (Phi) is 4.52. The van der Waals surface area contributed by atoms with Gasteiger partial charge in [0, 0.05) is 5.56 Å². The summed E-state index contributed by atoms with van der Waals surface area (Å²) in [5.74, 6) is -1.000. The van der Waals surface area contributed by atoms with E-state index in [9.17, 15) is 14.9 Å². The third-order valence-electron chi connectivity index (χ3n) is 4.23. The maximum atomic E-state index is 12.0. The largest absolute Gasteiger partial charge is 0.451 e. The highest BCUT2D eigenvalue weighted by atomic mass is 16.5. The number of rotatable bonds is 6. The Bertz CT molecular complexity index is 820. The zero-order valence-electron chi connectivity index (χ0n) is 13.8. The van der Waals surface area contributed by atoms with Gasteiger partial charge in [-0.15, -0.1) is 0 Å². The average molecular weight is 338 g/mol. The lowest BCUT2D eigenvalue weighted by Crippen LogP contribution is -2.48. The molecule has 2 aromatic rings. The Morgan fingerprint density at radius 2 is 2.12 bits per heavy atom. The molecule has 7 heteroatoms. The highest BCUT2D eigenvalue weighted by Gasteiger charge is 2.43. The van der Waals surface area contributed by atoms with Crippen LogP contribution in [0.4, 0.5) is 0 Å².